The number of nitrogens with zero attached hydrogens (tertiary/aromatic N) is 5. The van der Waals surface area contributed by atoms with Crippen LogP contribution in [0.4, 0.5) is 0 Å². The molecule has 0 amide bonds. The summed E-state index contributed by atoms with van der Waals surface area (Å²) in [6, 6.07) is 0. The molecule has 0 spiro atoms. The molecule has 0 aromatic carbocycles. The third kappa shape index (κ3) is 5.97. The van der Waals surface area contributed by atoms with E-state index in [0.29, 0.717) is 6.54 Å². The normalized spacial score (nSPS) is 19.6. The summed E-state index contributed by atoms with van der Waals surface area (Å²) in [6.07, 6.45) is 6.55. The average molecular weight is 504 g/mol. The molecule has 3 heterocycles. The van der Waals surface area contributed by atoms with Crippen LogP contribution in [0.1, 0.15) is 58.7 Å². The topological polar surface area (TPSA) is 67.5 Å². The van der Waals surface area contributed by atoms with Crippen LogP contribution in [-0.2, 0) is 19.5 Å². The molecule has 1 N–H and O–H groups in total. The van der Waals surface area contributed by atoms with Crippen LogP contribution in [0.5, 0.6) is 0 Å². The van der Waals surface area contributed by atoms with Crippen LogP contribution in [0, 0.1) is 11.8 Å². The molecule has 1 aromatic heterocycles. The van der Waals surface area contributed by atoms with Gasteiger partial charge in [0.15, 0.2) is 5.96 Å². The second-order valence-electron chi connectivity index (χ2n) is 8.35. The Hall–Kier alpha value is -1.06. The Balaban J connectivity index is 0.00000280. The van der Waals surface area contributed by atoms with E-state index in [-0.39, 0.29) is 29.7 Å². The first-order chi connectivity index (χ1) is 13.1. The summed E-state index contributed by atoms with van der Waals surface area (Å²) in [5.74, 6) is 3.52. The molecule has 7 nitrogen and oxygen atoms in total. The maximum Gasteiger partial charge on any atom is 0.345 e. The van der Waals surface area contributed by atoms with Crippen LogP contribution in [0.25, 0.3) is 0 Å². The highest BCUT2D eigenvalue weighted by molar-refractivity contribution is 14.0. The lowest BCUT2D eigenvalue weighted by atomic mass is 9.97. The van der Waals surface area contributed by atoms with Crippen LogP contribution in [-0.4, -0.2) is 51.4 Å². The fourth-order valence-electron chi connectivity index (χ4n) is 4.31. The molecule has 1 atom stereocenters. The lowest BCUT2D eigenvalue weighted by Gasteiger charge is -2.22. The van der Waals surface area contributed by atoms with Gasteiger partial charge in [-0.2, -0.15) is 5.10 Å². The third-order valence-corrected chi connectivity index (χ3v) is 5.55. The smallest absolute Gasteiger partial charge is 0.345 e. The van der Waals surface area contributed by atoms with E-state index in [4.69, 9.17) is 4.99 Å². The molecule has 0 aliphatic carbocycles. The highest BCUT2D eigenvalue weighted by Gasteiger charge is 2.25. The van der Waals surface area contributed by atoms with Crippen molar-refractivity contribution in [1.29, 1.82) is 0 Å². The van der Waals surface area contributed by atoms with E-state index in [0.717, 1.165) is 82.0 Å². The summed E-state index contributed by atoms with van der Waals surface area (Å²) in [7, 11) is 0. The molecule has 0 saturated carbocycles. The van der Waals surface area contributed by atoms with Crippen molar-refractivity contribution in [3.8, 4) is 0 Å². The third-order valence-electron chi connectivity index (χ3n) is 5.55. The maximum absolute atomic E-state index is 12.4. The summed E-state index contributed by atoms with van der Waals surface area (Å²) >= 11 is 0. The number of likely N-dealkylation sites (tertiary alicyclic amines) is 1. The minimum absolute atomic E-state index is 0. The van der Waals surface area contributed by atoms with Gasteiger partial charge in [0.25, 0.3) is 0 Å². The number of nitrogens with one attached hydrogen (secondary N) is 1. The lowest BCUT2D eigenvalue weighted by molar-refractivity contribution is 0.403. The molecular weight excluding hydrogens is 467 g/mol. The monoisotopic (exact) mass is 504 g/mol. The van der Waals surface area contributed by atoms with Crippen LogP contribution in [0.2, 0.25) is 0 Å². The van der Waals surface area contributed by atoms with Crippen molar-refractivity contribution in [2.45, 2.75) is 72.4 Å². The molecule has 160 valence electrons. The number of hydrogen-bond donors (Lipinski definition) is 1. The van der Waals surface area contributed by atoms with Gasteiger partial charge in [-0.1, -0.05) is 13.8 Å². The fourth-order valence-corrected chi connectivity index (χ4v) is 4.31. The number of halogens is 1. The van der Waals surface area contributed by atoms with Crippen molar-refractivity contribution < 1.29 is 0 Å². The Kier molecular flexibility index (Phi) is 9.30. The zero-order valence-electron chi connectivity index (χ0n) is 17.7. The van der Waals surface area contributed by atoms with Gasteiger partial charge >= 0.3 is 5.69 Å². The van der Waals surface area contributed by atoms with Gasteiger partial charge in [0.2, 0.25) is 0 Å². The van der Waals surface area contributed by atoms with Crippen LogP contribution in [0.15, 0.2) is 9.79 Å². The molecule has 1 aromatic rings. The summed E-state index contributed by atoms with van der Waals surface area (Å²) in [5.41, 5.74) is 0.0525. The number of hydrogen-bond acceptors (Lipinski definition) is 3. The molecule has 0 radical (unpaired) electrons. The van der Waals surface area contributed by atoms with Crippen LogP contribution in [0.3, 0.4) is 0 Å². The lowest BCUT2D eigenvalue weighted by Crippen LogP contribution is -2.40. The van der Waals surface area contributed by atoms with Gasteiger partial charge in [-0.25, -0.2) is 9.48 Å². The van der Waals surface area contributed by atoms with Gasteiger partial charge in [0, 0.05) is 45.7 Å². The summed E-state index contributed by atoms with van der Waals surface area (Å²) in [5, 5.41) is 7.95. The van der Waals surface area contributed by atoms with Gasteiger partial charge < -0.3 is 10.2 Å². The first-order valence-corrected chi connectivity index (χ1v) is 10.8. The minimum atomic E-state index is 0. The predicted molar refractivity (Wildman–Crippen MR) is 125 cm³/mol. The Labute approximate surface area is 186 Å². The highest BCUT2D eigenvalue weighted by Crippen LogP contribution is 2.23. The van der Waals surface area contributed by atoms with Gasteiger partial charge in [-0.05, 0) is 50.9 Å². The van der Waals surface area contributed by atoms with E-state index in [2.05, 4.69) is 36.1 Å². The first kappa shape index (κ1) is 23.2. The van der Waals surface area contributed by atoms with Crippen molar-refractivity contribution in [2.75, 3.05) is 26.2 Å². The zero-order chi connectivity index (χ0) is 19.2. The SMILES string of the molecule is CCNC(=NCCCn1nc2n(c1=O)CCCC2)N1CCC(CC(C)C)C1.I. The number of guanidine groups is 1. The van der Waals surface area contributed by atoms with Crippen molar-refractivity contribution >= 4 is 29.9 Å². The molecule has 3 rings (SSSR count). The molecule has 0 bridgehead atoms. The average Bonchev–Trinajstić information content (AvgIpc) is 3.22. The molecule has 2 aliphatic heterocycles. The molecule has 1 fully saturated rings. The Morgan fingerprint density at radius 1 is 1.32 bits per heavy atom. The second kappa shape index (κ2) is 11.2. The van der Waals surface area contributed by atoms with E-state index in [1.54, 1.807) is 4.68 Å². The van der Waals surface area contributed by atoms with E-state index >= 15 is 0 Å². The minimum Gasteiger partial charge on any atom is -0.357 e. The van der Waals surface area contributed by atoms with Gasteiger partial charge in [-0.3, -0.25) is 9.56 Å². The summed E-state index contributed by atoms with van der Waals surface area (Å²) < 4.78 is 3.48. The number of aliphatic imine (C=N–C) groups is 1. The predicted octanol–water partition coefficient (Wildman–Crippen LogP) is 2.72. The standard InChI is InChI=1S/C20H36N6O.HI/c1-4-21-19(24-13-9-17(15-24)14-16(2)3)22-10-7-12-26-20(27)25-11-6-5-8-18(25)23-26;/h16-17H,4-15H2,1-3H3,(H,21,22);1H. The second-order valence-corrected chi connectivity index (χ2v) is 8.35. The first-order valence-electron chi connectivity index (χ1n) is 10.8. The van der Waals surface area contributed by atoms with Gasteiger partial charge in [0.05, 0.1) is 0 Å². The molecule has 8 heteroatoms. The number of fused-ring (bicyclic) bond motifs is 1. The van der Waals surface area contributed by atoms with Crippen molar-refractivity contribution in [3.63, 3.8) is 0 Å². The fraction of sp³-hybridized carbons (Fsp3) is 0.850. The quantitative estimate of drug-likeness (QED) is 0.269. The molecule has 28 heavy (non-hydrogen) atoms. The largest absolute Gasteiger partial charge is 0.357 e. The number of aryl methyl sites for hydroxylation is 2. The van der Waals surface area contributed by atoms with Gasteiger partial charge in [0.1, 0.15) is 5.82 Å². The summed E-state index contributed by atoms with van der Waals surface area (Å²) in [6.45, 7) is 12.0. The zero-order valence-corrected chi connectivity index (χ0v) is 20.0. The molecule has 1 saturated heterocycles. The highest BCUT2D eigenvalue weighted by atomic mass is 127. The van der Waals surface area contributed by atoms with E-state index in [1.165, 1.54) is 12.8 Å². The van der Waals surface area contributed by atoms with Crippen LogP contribution >= 0.6 is 24.0 Å². The Bertz CT molecular complexity index is 695. The maximum atomic E-state index is 12.4. The number of rotatable bonds is 7. The van der Waals surface area contributed by atoms with E-state index in [9.17, 15) is 4.79 Å². The van der Waals surface area contributed by atoms with E-state index < -0.39 is 0 Å². The number of aromatic nitrogens is 3. The van der Waals surface area contributed by atoms with Crippen LogP contribution < -0.4 is 11.0 Å². The molecular formula is C20H37IN6O. The van der Waals surface area contributed by atoms with Gasteiger partial charge in [-0.15, -0.1) is 24.0 Å². The molecule has 2 aliphatic rings. The molecule has 1 unspecified atom stereocenters. The summed E-state index contributed by atoms with van der Waals surface area (Å²) in [4.78, 5) is 19.6. The van der Waals surface area contributed by atoms with Crippen molar-refractivity contribution in [1.82, 2.24) is 24.6 Å². The van der Waals surface area contributed by atoms with E-state index in [1.807, 2.05) is 4.57 Å². The van der Waals surface area contributed by atoms with Crippen molar-refractivity contribution in [2.24, 2.45) is 16.8 Å². The van der Waals surface area contributed by atoms with Crippen molar-refractivity contribution in [3.05, 3.63) is 16.3 Å². The Morgan fingerprint density at radius 3 is 2.86 bits per heavy atom. The Morgan fingerprint density at radius 2 is 2.14 bits per heavy atom.